The van der Waals surface area contributed by atoms with Crippen molar-refractivity contribution in [3.63, 3.8) is 0 Å². The molecule has 0 aliphatic carbocycles. The van der Waals surface area contributed by atoms with E-state index in [0.717, 1.165) is 17.3 Å². The van der Waals surface area contributed by atoms with Crippen LogP contribution in [-0.2, 0) is 20.8 Å². The molecule has 7 nitrogen and oxygen atoms in total. The standard InChI is InChI=1S/C13H13N3O4S/c17-10(6-8-4-2-1-3-5-8)15-16-11(18)7-9-12(19)14-13(20)21-9/h1-5,9H,6-7H2,(H,15,17)(H,16,18)(H,14,19,20)/t9-/m1/s1. The number of carbonyl (C=O) groups excluding carboxylic acids is 4. The Balaban J connectivity index is 1.72. The average Bonchev–Trinajstić information content (AvgIpc) is 2.76. The van der Waals surface area contributed by atoms with Crippen molar-refractivity contribution in [3.8, 4) is 0 Å². The zero-order chi connectivity index (χ0) is 15.2. The van der Waals surface area contributed by atoms with Gasteiger partial charge >= 0.3 is 0 Å². The fourth-order valence-corrected chi connectivity index (χ4v) is 2.53. The normalized spacial score (nSPS) is 17.2. The molecule has 3 N–H and O–H groups in total. The Hall–Kier alpha value is -2.35. The van der Waals surface area contributed by atoms with Gasteiger partial charge in [0.05, 0.1) is 6.42 Å². The van der Waals surface area contributed by atoms with Crippen molar-refractivity contribution in [2.45, 2.75) is 18.1 Å². The van der Waals surface area contributed by atoms with Crippen LogP contribution < -0.4 is 16.2 Å². The van der Waals surface area contributed by atoms with Crippen molar-refractivity contribution in [3.05, 3.63) is 35.9 Å². The van der Waals surface area contributed by atoms with Crippen LogP contribution in [0.5, 0.6) is 0 Å². The molecule has 1 aromatic rings. The van der Waals surface area contributed by atoms with Gasteiger partial charge in [0.25, 0.3) is 5.24 Å². The van der Waals surface area contributed by atoms with Gasteiger partial charge in [-0.2, -0.15) is 0 Å². The summed E-state index contributed by atoms with van der Waals surface area (Å²) in [6.45, 7) is 0. The van der Waals surface area contributed by atoms with E-state index in [1.54, 1.807) is 12.1 Å². The van der Waals surface area contributed by atoms with Crippen LogP contribution in [0.25, 0.3) is 0 Å². The minimum Gasteiger partial charge on any atom is -0.286 e. The Bertz CT molecular complexity index is 576. The van der Waals surface area contributed by atoms with Crippen LogP contribution in [0, 0.1) is 0 Å². The quantitative estimate of drug-likeness (QED) is 0.685. The molecule has 0 bridgehead atoms. The summed E-state index contributed by atoms with van der Waals surface area (Å²) in [5, 5.41) is 0.874. The fourth-order valence-electron chi connectivity index (χ4n) is 1.71. The van der Waals surface area contributed by atoms with Gasteiger partial charge in [0.1, 0.15) is 5.25 Å². The predicted octanol–water partition coefficient (Wildman–Crippen LogP) is 0.118. The summed E-state index contributed by atoms with van der Waals surface area (Å²) in [4.78, 5) is 45.4. The van der Waals surface area contributed by atoms with E-state index in [0.29, 0.717) is 0 Å². The molecule has 8 heteroatoms. The maximum Gasteiger partial charge on any atom is 0.286 e. The van der Waals surface area contributed by atoms with Crippen LogP contribution in [-0.4, -0.2) is 28.2 Å². The minimum atomic E-state index is -0.747. The third-order valence-electron chi connectivity index (χ3n) is 2.69. The van der Waals surface area contributed by atoms with Gasteiger partial charge in [-0.25, -0.2) is 0 Å². The Morgan fingerprint density at radius 3 is 2.38 bits per heavy atom. The molecule has 110 valence electrons. The highest BCUT2D eigenvalue weighted by atomic mass is 32.2. The molecule has 21 heavy (non-hydrogen) atoms. The molecular formula is C13H13N3O4S. The molecule has 1 aromatic carbocycles. The predicted molar refractivity (Wildman–Crippen MR) is 76.0 cm³/mol. The summed E-state index contributed by atoms with van der Waals surface area (Å²) < 4.78 is 0. The van der Waals surface area contributed by atoms with Crippen molar-refractivity contribution in [1.82, 2.24) is 16.2 Å². The Labute approximate surface area is 124 Å². The van der Waals surface area contributed by atoms with Crippen molar-refractivity contribution >= 4 is 34.7 Å². The molecule has 1 fully saturated rings. The zero-order valence-corrected chi connectivity index (χ0v) is 11.7. The van der Waals surface area contributed by atoms with E-state index in [-0.39, 0.29) is 18.7 Å². The van der Waals surface area contributed by atoms with E-state index < -0.39 is 22.3 Å². The van der Waals surface area contributed by atoms with Gasteiger partial charge in [0, 0.05) is 6.42 Å². The van der Waals surface area contributed by atoms with Crippen LogP contribution in [0.4, 0.5) is 4.79 Å². The molecular weight excluding hydrogens is 294 g/mol. The van der Waals surface area contributed by atoms with Crippen LogP contribution in [0.2, 0.25) is 0 Å². The van der Waals surface area contributed by atoms with Crippen molar-refractivity contribution in [2.24, 2.45) is 0 Å². The van der Waals surface area contributed by atoms with Gasteiger partial charge in [0.2, 0.25) is 17.7 Å². The summed E-state index contributed by atoms with van der Waals surface area (Å²) in [6, 6.07) is 9.07. The number of thioether (sulfide) groups is 1. The first kappa shape index (κ1) is 15.0. The van der Waals surface area contributed by atoms with Gasteiger partial charge in [-0.1, -0.05) is 42.1 Å². The maximum atomic E-state index is 11.6. The highest BCUT2D eigenvalue weighted by Crippen LogP contribution is 2.21. The van der Waals surface area contributed by atoms with Crippen molar-refractivity contribution < 1.29 is 19.2 Å². The Morgan fingerprint density at radius 2 is 1.76 bits per heavy atom. The highest BCUT2D eigenvalue weighted by molar-refractivity contribution is 8.15. The zero-order valence-electron chi connectivity index (χ0n) is 10.9. The molecule has 0 aromatic heterocycles. The second-order valence-electron chi connectivity index (χ2n) is 4.35. The number of amides is 4. The number of nitrogens with one attached hydrogen (secondary N) is 3. The molecule has 1 saturated heterocycles. The molecule has 0 radical (unpaired) electrons. The minimum absolute atomic E-state index is 0.137. The summed E-state index contributed by atoms with van der Waals surface area (Å²) in [7, 11) is 0. The lowest BCUT2D eigenvalue weighted by atomic mass is 10.1. The second kappa shape index (κ2) is 6.89. The summed E-state index contributed by atoms with van der Waals surface area (Å²) in [5.41, 5.74) is 5.31. The lowest BCUT2D eigenvalue weighted by Crippen LogP contribution is -2.43. The number of hydrogen-bond donors (Lipinski definition) is 3. The third-order valence-corrected chi connectivity index (χ3v) is 3.67. The SMILES string of the molecule is O=C(Cc1ccccc1)NNC(=O)C[C@H]1SC(=O)NC1=O. The Kier molecular flexibility index (Phi) is 4.94. The number of rotatable bonds is 4. The molecule has 1 aliphatic rings. The van der Waals surface area contributed by atoms with Gasteiger partial charge in [0.15, 0.2) is 0 Å². The molecule has 1 aliphatic heterocycles. The van der Waals surface area contributed by atoms with Crippen molar-refractivity contribution in [2.75, 3.05) is 0 Å². The van der Waals surface area contributed by atoms with E-state index in [1.165, 1.54) is 0 Å². The van der Waals surface area contributed by atoms with Crippen LogP contribution in [0.15, 0.2) is 30.3 Å². The number of hydrogen-bond acceptors (Lipinski definition) is 5. The lowest BCUT2D eigenvalue weighted by Gasteiger charge is -2.08. The Morgan fingerprint density at radius 1 is 1.10 bits per heavy atom. The van der Waals surface area contributed by atoms with Crippen LogP contribution in [0.1, 0.15) is 12.0 Å². The van der Waals surface area contributed by atoms with Gasteiger partial charge < -0.3 is 0 Å². The van der Waals surface area contributed by atoms with Crippen LogP contribution >= 0.6 is 11.8 Å². The molecule has 0 spiro atoms. The smallest absolute Gasteiger partial charge is 0.286 e. The van der Waals surface area contributed by atoms with Gasteiger partial charge in [-0.3, -0.25) is 35.3 Å². The van der Waals surface area contributed by atoms with Gasteiger partial charge in [-0.05, 0) is 5.56 Å². The van der Waals surface area contributed by atoms with E-state index >= 15 is 0 Å². The number of hydrazine groups is 1. The molecule has 0 unspecified atom stereocenters. The third kappa shape index (κ3) is 4.60. The molecule has 1 atom stereocenters. The molecule has 0 saturated carbocycles. The number of imide groups is 1. The van der Waals surface area contributed by atoms with Crippen LogP contribution in [0.3, 0.4) is 0 Å². The maximum absolute atomic E-state index is 11.6. The number of carbonyl (C=O) groups is 4. The molecule has 4 amide bonds. The summed E-state index contributed by atoms with van der Waals surface area (Å²) in [6.07, 6.45) is -0.0356. The number of benzene rings is 1. The average molecular weight is 307 g/mol. The topological polar surface area (TPSA) is 104 Å². The summed E-state index contributed by atoms with van der Waals surface area (Å²) >= 11 is 0.766. The first-order valence-corrected chi connectivity index (χ1v) is 7.05. The monoisotopic (exact) mass is 307 g/mol. The molecule has 2 rings (SSSR count). The van der Waals surface area contributed by atoms with Gasteiger partial charge in [-0.15, -0.1) is 0 Å². The largest absolute Gasteiger partial charge is 0.286 e. The molecule has 1 heterocycles. The fraction of sp³-hybridized carbons (Fsp3) is 0.231. The second-order valence-corrected chi connectivity index (χ2v) is 5.52. The van der Waals surface area contributed by atoms with Crippen molar-refractivity contribution in [1.29, 1.82) is 0 Å². The van der Waals surface area contributed by atoms with E-state index in [9.17, 15) is 19.2 Å². The van der Waals surface area contributed by atoms with E-state index in [2.05, 4.69) is 16.2 Å². The van der Waals surface area contributed by atoms with E-state index in [4.69, 9.17) is 0 Å². The first-order chi connectivity index (χ1) is 10.0. The first-order valence-electron chi connectivity index (χ1n) is 6.17. The lowest BCUT2D eigenvalue weighted by molar-refractivity contribution is -0.129. The van der Waals surface area contributed by atoms with E-state index in [1.807, 2.05) is 18.2 Å². The highest BCUT2D eigenvalue weighted by Gasteiger charge is 2.33. The summed E-state index contributed by atoms with van der Waals surface area (Å²) in [5.74, 6) is -1.39.